The van der Waals surface area contributed by atoms with Gasteiger partial charge in [0.1, 0.15) is 0 Å². The van der Waals surface area contributed by atoms with Crippen molar-refractivity contribution in [3.8, 4) is 0 Å². The lowest BCUT2D eigenvalue weighted by molar-refractivity contribution is 0.293. The molecule has 0 aromatic heterocycles. The minimum atomic E-state index is 0.657. The van der Waals surface area contributed by atoms with Gasteiger partial charge in [-0.1, -0.05) is 27.2 Å². The second-order valence-electron chi connectivity index (χ2n) is 3.39. The number of hydrogen-bond donors (Lipinski definition) is 1. The highest BCUT2D eigenvalue weighted by Crippen LogP contribution is 2.18. The van der Waals surface area contributed by atoms with Gasteiger partial charge in [0.2, 0.25) is 0 Å². The van der Waals surface area contributed by atoms with E-state index >= 15 is 0 Å². The summed E-state index contributed by atoms with van der Waals surface area (Å²) in [4.78, 5) is 0. The first-order valence-corrected chi connectivity index (χ1v) is 4.30. The minimum Gasteiger partial charge on any atom is -0.317 e. The van der Waals surface area contributed by atoms with Gasteiger partial charge in [-0.15, -0.1) is 0 Å². The molecule has 0 aromatic carbocycles. The molecular formula is C9H21N. The largest absolute Gasteiger partial charge is 0.317 e. The van der Waals surface area contributed by atoms with Crippen molar-refractivity contribution < 1.29 is 0 Å². The second kappa shape index (κ2) is 4.73. The standard InChI is InChI=1S/C9H21N/c1-6-9(7(2)3)8(4)10-5/h7-10H,6H2,1-5H3/t8?,9-/m1/s1. The Bertz CT molecular complexity index is 78.8. The predicted molar refractivity (Wildman–Crippen MR) is 47.1 cm³/mol. The molecule has 0 amide bonds. The van der Waals surface area contributed by atoms with Crippen LogP contribution in [0.2, 0.25) is 0 Å². The quantitative estimate of drug-likeness (QED) is 0.636. The molecule has 0 spiro atoms. The molecule has 0 radical (unpaired) electrons. The molecule has 62 valence electrons. The molecule has 0 aromatic rings. The minimum absolute atomic E-state index is 0.657. The topological polar surface area (TPSA) is 12.0 Å². The van der Waals surface area contributed by atoms with Gasteiger partial charge in [-0.3, -0.25) is 0 Å². The Balaban J connectivity index is 3.80. The molecule has 1 N–H and O–H groups in total. The predicted octanol–water partition coefficient (Wildman–Crippen LogP) is 2.28. The molecule has 0 fully saturated rings. The summed E-state index contributed by atoms with van der Waals surface area (Å²) in [6.07, 6.45) is 1.28. The van der Waals surface area contributed by atoms with Crippen molar-refractivity contribution in [2.45, 2.75) is 40.2 Å². The van der Waals surface area contributed by atoms with Crippen LogP contribution in [0.25, 0.3) is 0 Å². The van der Waals surface area contributed by atoms with Gasteiger partial charge in [0.15, 0.2) is 0 Å². The highest BCUT2D eigenvalue weighted by Gasteiger charge is 2.16. The molecule has 0 aliphatic carbocycles. The smallest absolute Gasteiger partial charge is 0.00663 e. The molecule has 10 heavy (non-hydrogen) atoms. The molecule has 1 unspecified atom stereocenters. The Labute approximate surface area is 65.2 Å². The molecule has 2 atom stereocenters. The molecule has 0 aliphatic heterocycles. The van der Waals surface area contributed by atoms with Crippen molar-refractivity contribution in [1.29, 1.82) is 0 Å². The molecule has 1 nitrogen and oxygen atoms in total. The molecule has 0 bridgehead atoms. The van der Waals surface area contributed by atoms with Crippen molar-refractivity contribution >= 4 is 0 Å². The van der Waals surface area contributed by atoms with Crippen molar-refractivity contribution in [1.82, 2.24) is 5.32 Å². The van der Waals surface area contributed by atoms with Crippen molar-refractivity contribution in [2.24, 2.45) is 11.8 Å². The van der Waals surface area contributed by atoms with E-state index in [0.29, 0.717) is 6.04 Å². The summed E-state index contributed by atoms with van der Waals surface area (Å²) >= 11 is 0. The van der Waals surface area contributed by atoms with E-state index in [1.54, 1.807) is 0 Å². The highest BCUT2D eigenvalue weighted by molar-refractivity contribution is 4.71. The SMILES string of the molecule is CC[C@H](C(C)C)C(C)NC. The molecule has 0 aliphatic rings. The Hall–Kier alpha value is -0.0400. The number of nitrogens with one attached hydrogen (secondary N) is 1. The summed E-state index contributed by atoms with van der Waals surface area (Å²) in [6, 6.07) is 0.657. The maximum atomic E-state index is 3.30. The zero-order valence-electron chi connectivity index (χ0n) is 7.94. The van der Waals surface area contributed by atoms with Crippen LogP contribution in [0, 0.1) is 11.8 Å². The second-order valence-corrected chi connectivity index (χ2v) is 3.39. The fraction of sp³-hybridized carbons (Fsp3) is 1.00. The monoisotopic (exact) mass is 143 g/mol. The average Bonchev–Trinajstić information content (AvgIpc) is 1.88. The molecule has 0 saturated heterocycles. The molecule has 0 heterocycles. The molecule has 0 rings (SSSR count). The van der Waals surface area contributed by atoms with E-state index in [1.807, 2.05) is 7.05 Å². The van der Waals surface area contributed by atoms with E-state index in [2.05, 4.69) is 33.0 Å². The van der Waals surface area contributed by atoms with Gasteiger partial charge in [0.05, 0.1) is 0 Å². The van der Waals surface area contributed by atoms with E-state index in [0.717, 1.165) is 11.8 Å². The van der Waals surface area contributed by atoms with Gasteiger partial charge in [-0.2, -0.15) is 0 Å². The van der Waals surface area contributed by atoms with Crippen LogP contribution in [0.5, 0.6) is 0 Å². The van der Waals surface area contributed by atoms with Crippen LogP contribution in [-0.2, 0) is 0 Å². The Morgan fingerprint density at radius 2 is 1.70 bits per heavy atom. The summed E-state index contributed by atoms with van der Waals surface area (Å²) in [5, 5.41) is 3.30. The third-order valence-corrected chi connectivity index (χ3v) is 2.43. The van der Waals surface area contributed by atoms with Crippen LogP contribution in [-0.4, -0.2) is 13.1 Å². The van der Waals surface area contributed by atoms with Crippen LogP contribution in [0.1, 0.15) is 34.1 Å². The Morgan fingerprint density at radius 3 is 1.80 bits per heavy atom. The summed E-state index contributed by atoms with van der Waals surface area (Å²) in [5.74, 6) is 1.62. The summed E-state index contributed by atoms with van der Waals surface area (Å²) in [7, 11) is 2.04. The zero-order chi connectivity index (χ0) is 8.15. The first kappa shape index (κ1) is 9.96. The van der Waals surface area contributed by atoms with E-state index < -0.39 is 0 Å². The first-order valence-electron chi connectivity index (χ1n) is 4.30. The summed E-state index contributed by atoms with van der Waals surface area (Å²) in [6.45, 7) is 9.11. The van der Waals surface area contributed by atoms with Gasteiger partial charge < -0.3 is 5.32 Å². The van der Waals surface area contributed by atoms with Crippen molar-refractivity contribution in [3.05, 3.63) is 0 Å². The third-order valence-electron chi connectivity index (χ3n) is 2.43. The van der Waals surface area contributed by atoms with E-state index in [4.69, 9.17) is 0 Å². The van der Waals surface area contributed by atoms with Crippen LogP contribution in [0.3, 0.4) is 0 Å². The van der Waals surface area contributed by atoms with Crippen LogP contribution < -0.4 is 5.32 Å². The van der Waals surface area contributed by atoms with Gasteiger partial charge in [0.25, 0.3) is 0 Å². The van der Waals surface area contributed by atoms with Crippen LogP contribution >= 0.6 is 0 Å². The average molecular weight is 143 g/mol. The van der Waals surface area contributed by atoms with Gasteiger partial charge in [-0.25, -0.2) is 0 Å². The van der Waals surface area contributed by atoms with Crippen molar-refractivity contribution in [3.63, 3.8) is 0 Å². The Morgan fingerprint density at radius 1 is 1.20 bits per heavy atom. The van der Waals surface area contributed by atoms with Gasteiger partial charge in [0, 0.05) is 6.04 Å². The zero-order valence-corrected chi connectivity index (χ0v) is 7.94. The van der Waals surface area contributed by atoms with Gasteiger partial charge >= 0.3 is 0 Å². The highest BCUT2D eigenvalue weighted by atomic mass is 14.9. The van der Waals surface area contributed by atoms with Gasteiger partial charge in [-0.05, 0) is 25.8 Å². The number of rotatable bonds is 4. The third kappa shape index (κ3) is 2.70. The van der Waals surface area contributed by atoms with E-state index in [-0.39, 0.29) is 0 Å². The lowest BCUT2D eigenvalue weighted by Crippen LogP contribution is -2.33. The molecule has 0 saturated carbocycles. The normalized spacial score (nSPS) is 17.4. The summed E-state index contributed by atoms with van der Waals surface area (Å²) < 4.78 is 0. The van der Waals surface area contributed by atoms with Crippen molar-refractivity contribution in [2.75, 3.05) is 7.05 Å². The molecular weight excluding hydrogens is 122 g/mol. The fourth-order valence-corrected chi connectivity index (χ4v) is 1.62. The van der Waals surface area contributed by atoms with Crippen LogP contribution in [0.4, 0.5) is 0 Å². The van der Waals surface area contributed by atoms with E-state index in [9.17, 15) is 0 Å². The Kier molecular flexibility index (Phi) is 4.71. The summed E-state index contributed by atoms with van der Waals surface area (Å²) in [5.41, 5.74) is 0. The van der Waals surface area contributed by atoms with Crippen LogP contribution in [0.15, 0.2) is 0 Å². The first-order chi connectivity index (χ1) is 4.63. The van der Waals surface area contributed by atoms with E-state index in [1.165, 1.54) is 6.42 Å². The lowest BCUT2D eigenvalue weighted by atomic mass is 9.87. The lowest BCUT2D eigenvalue weighted by Gasteiger charge is -2.25. The maximum Gasteiger partial charge on any atom is 0.00663 e. The molecule has 1 heteroatoms. The maximum absolute atomic E-state index is 3.30. The number of hydrogen-bond acceptors (Lipinski definition) is 1. The fourth-order valence-electron chi connectivity index (χ4n) is 1.62.